The number of hydrogen-bond donors (Lipinski definition) is 0. The van der Waals surface area contributed by atoms with Gasteiger partial charge < -0.3 is 4.90 Å². The van der Waals surface area contributed by atoms with Crippen molar-refractivity contribution >= 4 is 0 Å². The Morgan fingerprint density at radius 1 is 0.439 bits per heavy atom. The SMILES string of the molecule is [CH2]C(CCCCCCCC/C=C\C/C=C\CCCCC)CCCC(CCCC/C=C\C/C=C\CCCCC)N(C)C. The Morgan fingerprint density at radius 3 is 1.29 bits per heavy atom. The third kappa shape index (κ3) is 31.7. The molecule has 41 heavy (non-hydrogen) atoms. The molecule has 1 nitrogen and oxygen atoms in total. The summed E-state index contributed by atoms with van der Waals surface area (Å²) in [7, 11) is 4.53. The summed E-state index contributed by atoms with van der Waals surface area (Å²) in [6, 6.07) is 0.735. The van der Waals surface area contributed by atoms with Gasteiger partial charge in [-0.2, -0.15) is 0 Å². The van der Waals surface area contributed by atoms with Crippen LogP contribution in [0.1, 0.15) is 174 Å². The first-order valence-electron chi connectivity index (χ1n) is 18.2. The maximum atomic E-state index is 4.48. The number of unbranched alkanes of at least 4 members (excludes halogenated alkanes) is 14. The van der Waals surface area contributed by atoms with Gasteiger partial charge in [-0.25, -0.2) is 0 Å². The fourth-order valence-electron chi connectivity index (χ4n) is 5.53. The van der Waals surface area contributed by atoms with Gasteiger partial charge in [0.1, 0.15) is 0 Å². The van der Waals surface area contributed by atoms with Gasteiger partial charge in [-0.3, -0.25) is 0 Å². The van der Waals surface area contributed by atoms with E-state index >= 15 is 0 Å². The number of nitrogens with zero attached hydrogens (tertiary/aromatic N) is 1. The van der Waals surface area contributed by atoms with Gasteiger partial charge in [0.05, 0.1) is 0 Å². The molecule has 0 aromatic rings. The monoisotopic (exact) mass is 569 g/mol. The number of allylic oxidation sites excluding steroid dienone is 8. The molecular weight excluding hydrogens is 494 g/mol. The Hall–Kier alpha value is -1.08. The highest BCUT2D eigenvalue weighted by Crippen LogP contribution is 2.20. The molecule has 1 heteroatoms. The molecule has 0 amide bonds. The summed E-state index contributed by atoms with van der Waals surface area (Å²) in [5.74, 6) is 0.648. The van der Waals surface area contributed by atoms with Crippen molar-refractivity contribution in [1.29, 1.82) is 0 Å². The minimum Gasteiger partial charge on any atom is -0.306 e. The summed E-state index contributed by atoms with van der Waals surface area (Å²) in [4.78, 5) is 2.46. The zero-order valence-corrected chi connectivity index (χ0v) is 28.6. The van der Waals surface area contributed by atoms with Crippen LogP contribution in [0.25, 0.3) is 0 Å². The van der Waals surface area contributed by atoms with E-state index in [4.69, 9.17) is 0 Å². The van der Waals surface area contributed by atoms with Crippen molar-refractivity contribution in [2.75, 3.05) is 14.1 Å². The second-order valence-corrected chi connectivity index (χ2v) is 12.7. The summed E-state index contributed by atoms with van der Waals surface area (Å²) in [5.41, 5.74) is 0. The Labute approximate surface area is 260 Å². The van der Waals surface area contributed by atoms with Crippen LogP contribution in [0.3, 0.4) is 0 Å². The first-order chi connectivity index (χ1) is 20.1. The topological polar surface area (TPSA) is 3.24 Å². The van der Waals surface area contributed by atoms with Gasteiger partial charge in [-0.1, -0.05) is 153 Å². The summed E-state index contributed by atoms with van der Waals surface area (Å²) < 4.78 is 0. The lowest BCUT2D eigenvalue weighted by molar-refractivity contribution is 0.249. The van der Waals surface area contributed by atoms with Crippen molar-refractivity contribution in [3.05, 3.63) is 55.5 Å². The average Bonchev–Trinajstić information content (AvgIpc) is 2.96. The predicted octanol–water partition coefficient (Wildman–Crippen LogP) is 13.4. The molecule has 0 aliphatic rings. The molecule has 0 saturated carbocycles. The summed E-state index contributed by atoms with van der Waals surface area (Å²) in [6.45, 7) is 9.02. The summed E-state index contributed by atoms with van der Waals surface area (Å²) in [6.07, 6.45) is 51.8. The van der Waals surface area contributed by atoms with E-state index in [-0.39, 0.29) is 0 Å². The van der Waals surface area contributed by atoms with E-state index in [2.05, 4.69) is 88.4 Å². The van der Waals surface area contributed by atoms with Crippen LogP contribution >= 0.6 is 0 Å². The lowest BCUT2D eigenvalue weighted by Crippen LogP contribution is -2.27. The molecule has 0 aromatic carbocycles. The largest absolute Gasteiger partial charge is 0.306 e. The molecule has 0 bridgehead atoms. The normalized spacial score (nSPS) is 14.1. The van der Waals surface area contributed by atoms with Gasteiger partial charge in [-0.05, 0) is 97.1 Å². The molecule has 0 spiro atoms. The van der Waals surface area contributed by atoms with Crippen molar-refractivity contribution < 1.29 is 0 Å². The van der Waals surface area contributed by atoms with Crippen LogP contribution < -0.4 is 0 Å². The van der Waals surface area contributed by atoms with E-state index < -0.39 is 0 Å². The highest BCUT2D eigenvalue weighted by molar-refractivity contribution is 4.93. The summed E-state index contributed by atoms with van der Waals surface area (Å²) >= 11 is 0. The molecule has 0 aliphatic carbocycles. The lowest BCUT2D eigenvalue weighted by atomic mass is 9.94. The molecule has 0 N–H and O–H groups in total. The van der Waals surface area contributed by atoms with Crippen molar-refractivity contribution in [2.45, 2.75) is 180 Å². The van der Waals surface area contributed by atoms with Gasteiger partial charge in [0.25, 0.3) is 0 Å². The van der Waals surface area contributed by atoms with E-state index in [1.165, 1.54) is 148 Å². The highest BCUT2D eigenvalue weighted by atomic mass is 15.1. The van der Waals surface area contributed by atoms with Gasteiger partial charge in [0.2, 0.25) is 0 Å². The van der Waals surface area contributed by atoms with Crippen molar-refractivity contribution in [1.82, 2.24) is 4.90 Å². The van der Waals surface area contributed by atoms with Crippen LogP contribution in [0.5, 0.6) is 0 Å². The molecule has 2 unspecified atom stereocenters. The van der Waals surface area contributed by atoms with E-state index in [9.17, 15) is 0 Å². The van der Waals surface area contributed by atoms with E-state index in [1.807, 2.05) is 0 Å². The number of hydrogen-bond acceptors (Lipinski definition) is 1. The van der Waals surface area contributed by atoms with Gasteiger partial charge in [0, 0.05) is 6.04 Å². The van der Waals surface area contributed by atoms with Gasteiger partial charge in [0.15, 0.2) is 0 Å². The van der Waals surface area contributed by atoms with Crippen molar-refractivity contribution in [3.8, 4) is 0 Å². The van der Waals surface area contributed by atoms with E-state index in [0.29, 0.717) is 5.92 Å². The lowest BCUT2D eigenvalue weighted by Gasteiger charge is -2.25. The van der Waals surface area contributed by atoms with Crippen LogP contribution in [0.4, 0.5) is 0 Å². The fraction of sp³-hybridized carbons (Fsp3) is 0.775. The molecule has 0 heterocycles. The Kier molecular flexibility index (Phi) is 32.5. The predicted molar refractivity (Wildman–Crippen MR) is 190 cm³/mol. The first kappa shape index (κ1) is 39.9. The fourth-order valence-corrected chi connectivity index (χ4v) is 5.53. The Bertz CT molecular complexity index is 610. The Morgan fingerprint density at radius 2 is 0.805 bits per heavy atom. The maximum absolute atomic E-state index is 4.48. The van der Waals surface area contributed by atoms with E-state index in [0.717, 1.165) is 18.9 Å². The van der Waals surface area contributed by atoms with Crippen molar-refractivity contribution in [2.24, 2.45) is 5.92 Å². The molecule has 0 aliphatic heterocycles. The van der Waals surface area contributed by atoms with Crippen molar-refractivity contribution in [3.63, 3.8) is 0 Å². The van der Waals surface area contributed by atoms with E-state index in [1.54, 1.807) is 0 Å². The quantitative estimate of drug-likeness (QED) is 0.0593. The van der Waals surface area contributed by atoms with Gasteiger partial charge >= 0.3 is 0 Å². The van der Waals surface area contributed by atoms with Gasteiger partial charge in [-0.15, -0.1) is 0 Å². The second kappa shape index (κ2) is 33.4. The zero-order chi connectivity index (χ0) is 30.1. The third-order valence-electron chi connectivity index (χ3n) is 8.43. The van der Waals surface area contributed by atoms with Crippen LogP contribution in [-0.4, -0.2) is 25.0 Å². The third-order valence-corrected chi connectivity index (χ3v) is 8.43. The minimum atomic E-state index is 0.648. The molecule has 0 rings (SSSR count). The van der Waals surface area contributed by atoms with Crippen LogP contribution in [0.15, 0.2) is 48.6 Å². The molecule has 0 saturated heterocycles. The zero-order valence-electron chi connectivity index (χ0n) is 28.6. The van der Waals surface area contributed by atoms with Crippen LogP contribution in [0.2, 0.25) is 0 Å². The molecule has 0 aromatic heterocycles. The molecule has 239 valence electrons. The minimum absolute atomic E-state index is 0.648. The molecule has 1 radical (unpaired) electrons. The molecule has 0 fully saturated rings. The average molecular weight is 569 g/mol. The number of rotatable bonds is 31. The van der Waals surface area contributed by atoms with Crippen LogP contribution in [0, 0.1) is 12.8 Å². The smallest absolute Gasteiger partial charge is 0.00891 e. The van der Waals surface area contributed by atoms with Crippen LogP contribution in [-0.2, 0) is 0 Å². The Balaban J connectivity index is 3.64. The maximum Gasteiger partial charge on any atom is 0.00891 e. The summed E-state index contributed by atoms with van der Waals surface area (Å²) in [5, 5.41) is 0. The molecule has 2 atom stereocenters. The molecular formula is C40H74N. The second-order valence-electron chi connectivity index (χ2n) is 12.7. The highest BCUT2D eigenvalue weighted by Gasteiger charge is 2.12. The standard InChI is InChI=1S/C40H74N/c1-6-8-10-12-14-16-18-20-21-22-23-24-26-28-30-32-35-39(3)36-34-38-40(41(4)5)37-33-31-29-27-25-19-17-15-13-11-9-7-2/h14-17,20-21,25,27,39-40H,3,6-13,18-19,22-24,26,28-38H2,1-2,4-5H3/b16-14-,17-15-,21-20-,27-25-. The first-order valence-corrected chi connectivity index (χ1v) is 18.2.